The summed E-state index contributed by atoms with van der Waals surface area (Å²) in [6.45, 7) is 2.98. The van der Waals surface area contributed by atoms with Crippen molar-refractivity contribution in [1.82, 2.24) is 4.90 Å². The van der Waals surface area contributed by atoms with Gasteiger partial charge < -0.3 is 14.9 Å². The highest BCUT2D eigenvalue weighted by atomic mass is 35.5. The molecule has 2 aromatic rings. The fraction of sp³-hybridized carbons (Fsp3) is 0.278. The number of hydrogen-bond acceptors (Lipinski definition) is 3. The van der Waals surface area contributed by atoms with Gasteiger partial charge in [0.15, 0.2) is 0 Å². The van der Waals surface area contributed by atoms with Gasteiger partial charge in [0.1, 0.15) is 5.75 Å². The number of benzene rings is 2. The molecule has 0 unspecified atom stereocenters. The van der Waals surface area contributed by atoms with Crippen LogP contribution in [0.3, 0.4) is 0 Å². The zero-order chi connectivity index (χ0) is 16.2. The number of anilines is 1. The van der Waals surface area contributed by atoms with E-state index < -0.39 is 0 Å². The molecule has 5 heteroatoms. The Balaban J connectivity index is 1.57. The minimum absolute atomic E-state index is 0.114. The van der Waals surface area contributed by atoms with Crippen LogP contribution in [0.1, 0.15) is 5.56 Å². The lowest BCUT2D eigenvalue weighted by molar-refractivity contribution is -0.130. The summed E-state index contributed by atoms with van der Waals surface area (Å²) in [5.74, 6) is 0.380. The van der Waals surface area contributed by atoms with Gasteiger partial charge in [-0.2, -0.15) is 0 Å². The van der Waals surface area contributed by atoms with Gasteiger partial charge in [-0.1, -0.05) is 29.8 Å². The molecule has 0 radical (unpaired) electrons. The van der Waals surface area contributed by atoms with Crippen molar-refractivity contribution in [3.8, 4) is 5.75 Å². The van der Waals surface area contributed by atoms with Crippen LogP contribution in [0.2, 0.25) is 5.02 Å². The molecule has 2 aromatic carbocycles. The van der Waals surface area contributed by atoms with Crippen molar-refractivity contribution in [2.45, 2.75) is 6.42 Å². The number of carbonyl (C=O) groups is 1. The number of phenolic OH excluding ortho intramolecular Hbond substituents is 1. The highest BCUT2D eigenvalue weighted by Crippen LogP contribution is 2.21. The van der Waals surface area contributed by atoms with Gasteiger partial charge in [0, 0.05) is 36.9 Å². The van der Waals surface area contributed by atoms with Crippen molar-refractivity contribution in [3.05, 3.63) is 59.1 Å². The Kier molecular flexibility index (Phi) is 4.72. The molecule has 4 nitrogen and oxygen atoms in total. The van der Waals surface area contributed by atoms with Crippen LogP contribution < -0.4 is 4.90 Å². The molecule has 0 aliphatic carbocycles. The van der Waals surface area contributed by atoms with E-state index in [1.54, 1.807) is 12.1 Å². The van der Waals surface area contributed by atoms with Crippen molar-refractivity contribution in [2.75, 3.05) is 31.1 Å². The summed E-state index contributed by atoms with van der Waals surface area (Å²) in [7, 11) is 0. The minimum Gasteiger partial charge on any atom is -0.508 e. The number of amides is 1. The Hall–Kier alpha value is -2.20. The van der Waals surface area contributed by atoms with Crippen LogP contribution in [-0.2, 0) is 11.2 Å². The summed E-state index contributed by atoms with van der Waals surface area (Å²) >= 11 is 6.12. The maximum Gasteiger partial charge on any atom is 0.227 e. The predicted octanol–water partition coefficient (Wildman–Crippen LogP) is 2.94. The summed E-state index contributed by atoms with van der Waals surface area (Å²) < 4.78 is 0. The zero-order valence-corrected chi connectivity index (χ0v) is 13.5. The summed E-state index contributed by atoms with van der Waals surface area (Å²) in [6.07, 6.45) is 0.346. The first kappa shape index (κ1) is 15.7. The Morgan fingerprint density at radius 1 is 1.00 bits per heavy atom. The number of aromatic hydroxyl groups is 1. The molecule has 0 atom stereocenters. The lowest BCUT2D eigenvalue weighted by Gasteiger charge is -2.36. The Bertz CT molecular complexity index is 680. The lowest BCUT2D eigenvalue weighted by atomic mass is 10.1. The first-order valence-electron chi connectivity index (χ1n) is 7.68. The van der Waals surface area contributed by atoms with E-state index in [0.717, 1.165) is 24.3 Å². The molecule has 0 aromatic heterocycles. The van der Waals surface area contributed by atoms with Crippen LogP contribution in [0.5, 0.6) is 5.75 Å². The topological polar surface area (TPSA) is 43.8 Å². The maximum absolute atomic E-state index is 12.4. The van der Waals surface area contributed by atoms with Gasteiger partial charge in [-0.15, -0.1) is 0 Å². The van der Waals surface area contributed by atoms with Crippen molar-refractivity contribution in [3.63, 3.8) is 0 Å². The van der Waals surface area contributed by atoms with E-state index in [4.69, 9.17) is 11.6 Å². The summed E-state index contributed by atoms with van der Waals surface area (Å²) in [4.78, 5) is 16.5. The maximum atomic E-state index is 12.4. The van der Waals surface area contributed by atoms with Gasteiger partial charge in [0.2, 0.25) is 5.91 Å². The van der Waals surface area contributed by atoms with Crippen LogP contribution in [0, 0.1) is 0 Å². The van der Waals surface area contributed by atoms with Gasteiger partial charge in [0.25, 0.3) is 0 Å². The smallest absolute Gasteiger partial charge is 0.227 e. The Morgan fingerprint density at radius 2 is 1.65 bits per heavy atom. The minimum atomic E-state index is 0.114. The van der Waals surface area contributed by atoms with Crippen LogP contribution in [0.25, 0.3) is 0 Å². The molecule has 0 spiro atoms. The van der Waals surface area contributed by atoms with Crippen molar-refractivity contribution >= 4 is 23.2 Å². The second-order valence-electron chi connectivity index (χ2n) is 5.65. The van der Waals surface area contributed by atoms with Crippen molar-refractivity contribution < 1.29 is 9.90 Å². The standard InChI is InChI=1S/C18H19ClN2O2/c19-17-4-2-1-3-14(17)13-18(23)21-11-9-20(10-12-21)15-5-7-16(22)8-6-15/h1-8,22H,9-13H2. The summed E-state index contributed by atoms with van der Waals surface area (Å²) in [5, 5.41) is 9.99. The zero-order valence-electron chi connectivity index (χ0n) is 12.8. The van der Waals surface area contributed by atoms with Gasteiger partial charge in [-0.05, 0) is 35.9 Å². The fourth-order valence-corrected chi connectivity index (χ4v) is 3.00. The van der Waals surface area contributed by atoms with Crippen LogP contribution in [0.4, 0.5) is 5.69 Å². The van der Waals surface area contributed by atoms with E-state index in [9.17, 15) is 9.90 Å². The van der Waals surface area contributed by atoms with E-state index in [0.29, 0.717) is 24.5 Å². The average Bonchev–Trinajstić information content (AvgIpc) is 2.58. The van der Waals surface area contributed by atoms with E-state index in [-0.39, 0.29) is 11.7 Å². The van der Waals surface area contributed by atoms with Crippen LogP contribution in [0.15, 0.2) is 48.5 Å². The lowest BCUT2D eigenvalue weighted by Crippen LogP contribution is -2.49. The van der Waals surface area contributed by atoms with E-state index >= 15 is 0 Å². The SMILES string of the molecule is O=C(Cc1ccccc1Cl)N1CCN(c2ccc(O)cc2)CC1. The predicted molar refractivity (Wildman–Crippen MR) is 92.1 cm³/mol. The molecule has 0 saturated carbocycles. The van der Waals surface area contributed by atoms with Gasteiger partial charge >= 0.3 is 0 Å². The molecule has 3 rings (SSSR count). The molecule has 1 saturated heterocycles. The van der Waals surface area contributed by atoms with Gasteiger partial charge in [0.05, 0.1) is 6.42 Å². The van der Waals surface area contributed by atoms with Crippen molar-refractivity contribution in [2.24, 2.45) is 0 Å². The highest BCUT2D eigenvalue weighted by Gasteiger charge is 2.21. The van der Waals surface area contributed by atoms with Gasteiger partial charge in [-0.3, -0.25) is 4.79 Å². The first-order valence-corrected chi connectivity index (χ1v) is 8.06. The molecule has 1 fully saturated rings. The molecule has 0 bridgehead atoms. The van der Waals surface area contributed by atoms with Gasteiger partial charge in [-0.25, -0.2) is 0 Å². The van der Waals surface area contributed by atoms with E-state index in [2.05, 4.69) is 4.90 Å². The molecule has 1 amide bonds. The Labute approximate surface area is 140 Å². The van der Waals surface area contributed by atoms with Crippen LogP contribution in [-0.4, -0.2) is 42.1 Å². The number of halogens is 1. The van der Waals surface area contributed by atoms with Crippen LogP contribution >= 0.6 is 11.6 Å². The van der Waals surface area contributed by atoms with E-state index in [1.807, 2.05) is 41.3 Å². The molecular weight excluding hydrogens is 312 g/mol. The monoisotopic (exact) mass is 330 g/mol. The number of nitrogens with zero attached hydrogens (tertiary/aromatic N) is 2. The molecule has 1 heterocycles. The molecule has 1 aliphatic rings. The first-order chi connectivity index (χ1) is 11.1. The number of hydrogen-bond donors (Lipinski definition) is 1. The number of rotatable bonds is 3. The average molecular weight is 331 g/mol. The molecule has 1 aliphatic heterocycles. The number of piperazine rings is 1. The third-order valence-corrected chi connectivity index (χ3v) is 4.52. The second-order valence-corrected chi connectivity index (χ2v) is 6.06. The molecule has 23 heavy (non-hydrogen) atoms. The summed E-state index contributed by atoms with van der Waals surface area (Å²) in [6, 6.07) is 14.6. The Morgan fingerprint density at radius 3 is 2.30 bits per heavy atom. The quantitative estimate of drug-likeness (QED) is 0.941. The fourth-order valence-electron chi connectivity index (χ4n) is 2.79. The van der Waals surface area contributed by atoms with Crippen molar-refractivity contribution in [1.29, 1.82) is 0 Å². The molecular formula is C18H19ClN2O2. The molecule has 1 N–H and O–H groups in total. The summed E-state index contributed by atoms with van der Waals surface area (Å²) in [5.41, 5.74) is 1.95. The second kappa shape index (κ2) is 6.92. The molecule has 120 valence electrons. The number of carbonyl (C=O) groups excluding carboxylic acids is 1. The largest absolute Gasteiger partial charge is 0.508 e. The van der Waals surface area contributed by atoms with E-state index in [1.165, 1.54) is 0 Å². The third kappa shape index (κ3) is 3.77. The highest BCUT2D eigenvalue weighted by molar-refractivity contribution is 6.31. The third-order valence-electron chi connectivity index (χ3n) is 4.15. The number of phenols is 1. The normalized spacial score (nSPS) is 14.8.